The second-order valence-corrected chi connectivity index (χ2v) is 7.55. The maximum atomic E-state index is 13.0. The van der Waals surface area contributed by atoms with Crippen molar-refractivity contribution in [2.75, 3.05) is 18.5 Å². The van der Waals surface area contributed by atoms with Gasteiger partial charge < -0.3 is 14.5 Å². The molecule has 0 radical (unpaired) electrons. The Morgan fingerprint density at radius 3 is 2.67 bits per heavy atom. The van der Waals surface area contributed by atoms with Crippen LogP contribution in [0.2, 0.25) is 0 Å². The van der Waals surface area contributed by atoms with Crippen molar-refractivity contribution < 1.29 is 13.9 Å². The fourth-order valence-corrected chi connectivity index (χ4v) is 3.91. The first-order valence-corrected chi connectivity index (χ1v) is 10.2. The average molecular weight is 402 g/mol. The second kappa shape index (κ2) is 8.20. The summed E-state index contributed by atoms with van der Waals surface area (Å²) in [5.74, 6) is 0.585. The Kier molecular flexibility index (Phi) is 5.11. The van der Waals surface area contributed by atoms with E-state index in [0.717, 1.165) is 41.9 Å². The molecule has 7 heteroatoms. The number of ketones is 1. The molecular weight excluding hydrogens is 380 g/mol. The van der Waals surface area contributed by atoms with Gasteiger partial charge in [-0.15, -0.1) is 5.10 Å². The van der Waals surface area contributed by atoms with E-state index in [1.807, 2.05) is 54.6 Å². The first kappa shape index (κ1) is 18.7. The van der Waals surface area contributed by atoms with Gasteiger partial charge in [0, 0.05) is 24.2 Å². The topological polar surface area (TPSA) is 89.6 Å². The van der Waals surface area contributed by atoms with Gasteiger partial charge in [-0.3, -0.25) is 9.79 Å². The summed E-state index contributed by atoms with van der Waals surface area (Å²) in [6, 6.07) is 18.0. The van der Waals surface area contributed by atoms with Crippen molar-refractivity contribution in [2.24, 2.45) is 4.99 Å². The Labute approximate surface area is 174 Å². The number of hydrogen-bond donors (Lipinski definition) is 1. The lowest BCUT2D eigenvalue weighted by atomic mass is 9.96. The zero-order chi connectivity index (χ0) is 20.3. The summed E-state index contributed by atoms with van der Waals surface area (Å²) < 4.78 is 11.3. The van der Waals surface area contributed by atoms with Gasteiger partial charge in [-0.1, -0.05) is 59.7 Å². The zero-order valence-corrected chi connectivity index (χ0v) is 16.5. The van der Waals surface area contributed by atoms with Crippen molar-refractivity contribution in [3.05, 3.63) is 77.2 Å². The van der Waals surface area contributed by atoms with Crippen LogP contribution in [0.15, 0.2) is 64.0 Å². The lowest BCUT2D eigenvalue weighted by Crippen LogP contribution is -2.29. The molecule has 7 nitrogen and oxygen atoms in total. The van der Waals surface area contributed by atoms with Gasteiger partial charge in [-0.25, -0.2) is 0 Å². The predicted molar refractivity (Wildman–Crippen MR) is 112 cm³/mol. The number of benzene rings is 2. The van der Waals surface area contributed by atoms with E-state index in [4.69, 9.17) is 14.1 Å². The molecule has 0 bridgehead atoms. The standard InChI is InChI=1S/C23H22N4O3/c28-19-13-16-9-4-5-11-18(16)20(15-7-2-1-3-8-15)24-21(19)25-23-27-26-22(30-23)17-10-6-12-29-14-17/h1-5,7-9,11,17,21H,6,10,12-14H2,(H,25,27)/t17-,21-/m1/s1. The smallest absolute Gasteiger partial charge is 0.317 e. The third-order valence-electron chi connectivity index (χ3n) is 5.46. The van der Waals surface area contributed by atoms with E-state index in [0.29, 0.717) is 12.5 Å². The van der Waals surface area contributed by atoms with Crippen molar-refractivity contribution in [3.8, 4) is 0 Å². The van der Waals surface area contributed by atoms with Crippen LogP contribution >= 0.6 is 0 Å². The summed E-state index contributed by atoms with van der Waals surface area (Å²) in [6.45, 7) is 1.35. The molecule has 0 aliphatic carbocycles. The Morgan fingerprint density at radius 2 is 1.83 bits per heavy atom. The molecule has 3 heterocycles. The number of aliphatic imine (C=N–C) groups is 1. The van der Waals surface area contributed by atoms with Crippen LogP contribution in [0.25, 0.3) is 0 Å². The molecule has 1 saturated heterocycles. The van der Waals surface area contributed by atoms with Gasteiger partial charge >= 0.3 is 6.01 Å². The van der Waals surface area contributed by atoms with Gasteiger partial charge in [-0.2, -0.15) is 0 Å². The number of ether oxygens (including phenoxy) is 1. The van der Waals surface area contributed by atoms with Crippen LogP contribution in [-0.2, 0) is 16.0 Å². The molecule has 2 atom stereocenters. The summed E-state index contributed by atoms with van der Waals surface area (Å²) in [5, 5.41) is 11.3. The largest absolute Gasteiger partial charge is 0.408 e. The molecule has 5 rings (SSSR count). The summed E-state index contributed by atoms with van der Waals surface area (Å²) in [5.41, 5.74) is 3.65. The van der Waals surface area contributed by atoms with Crippen LogP contribution in [-0.4, -0.2) is 41.1 Å². The molecule has 1 N–H and O–H groups in total. The highest BCUT2D eigenvalue weighted by Gasteiger charge is 2.28. The van der Waals surface area contributed by atoms with E-state index in [2.05, 4.69) is 15.5 Å². The van der Waals surface area contributed by atoms with E-state index in [1.54, 1.807) is 0 Å². The van der Waals surface area contributed by atoms with Crippen molar-refractivity contribution >= 4 is 17.5 Å². The SMILES string of the molecule is O=C1Cc2ccccc2C(c2ccccc2)=N[C@@H]1Nc1nnc([C@@H]2CCCOC2)o1. The maximum absolute atomic E-state index is 13.0. The minimum atomic E-state index is -0.802. The lowest BCUT2D eigenvalue weighted by molar-refractivity contribution is -0.119. The number of carbonyl (C=O) groups is 1. The van der Waals surface area contributed by atoms with Gasteiger partial charge in [0.15, 0.2) is 11.9 Å². The fraction of sp³-hybridized carbons (Fsp3) is 0.304. The number of aromatic nitrogens is 2. The average Bonchev–Trinajstić information content (AvgIpc) is 3.21. The Morgan fingerprint density at radius 1 is 1.00 bits per heavy atom. The molecule has 1 aromatic heterocycles. The number of hydrogen-bond acceptors (Lipinski definition) is 7. The predicted octanol–water partition coefficient (Wildman–Crippen LogP) is 3.36. The summed E-state index contributed by atoms with van der Waals surface area (Å²) in [7, 11) is 0. The maximum Gasteiger partial charge on any atom is 0.317 e. The van der Waals surface area contributed by atoms with Crippen molar-refractivity contribution in [3.63, 3.8) is 0 Å². The molecule has 0 unspecified atom stereocenters. The molecule has 152 valence electrons. The zero-order valence-electron chi connectivity index (χ0n) is 16.5. The minimum Gasteiger partial charge on any atom is -0.408 e. The molecule has 2 aliphatic heterocycles. The molecule has 1 fully saturated rings. The highest BCUT2D eigenvalue weighted by atomic mass is 16.5. The Balaban J connectivity index is 1.46. The molecule has 2 aliphatic rings. The normalized spacial score (nSPS) is 21.5. The van der Waals surface area contributed by atoms with Crippen molar-refractivity contribution in [1.82, 2.24) is 10.2 Å². The van der Waals surface area contributed by atoms with Crippen LogP contribution in [0.5, 0.6) is 0 Å². The van der Waals surface area contributed by atoms with Crippen molar-refractivity contribution in [1.29, 1.82) is 0 Å². The van der Waals surface area contributed by atoms with Crippen LogP contribution in [0, 0.1) is 0 Å². The van der Waals surface area contributed by atoms with Crippen LogP contribution in [0.4, 0.5) is 6.01 Å². The quantitative estimate of drug-likeness (QED) is 0.720. The van der Waals surface area contributed by atoms with Gasteiger partial charge in [0.25, 0.3) is 0 Å². The fourth-order valence-electron chi connectivity index (χ4n) is 3.91. The first-order chi connectivity index (χ1) is 14.8. The first-order valence-electron chi connectivity index (χ1n) is 10.2. The molecule has 0 amide bonds. The Bertz CT molecular complexity index is 1070. The monoisotopic (exact) mass is 402 g/mol. The van der Waals surface area contributed by atoms with Crippen LogP contribution in [0.3, 0.4) is 0 Å². The number of nitrogens with zero attached hydrogens (tertiary/aromatic N) is 3. The highest BCUT2D eigenvalue weighted by Crippen LogP contribution is 2.26. The van der Waals surface area contributed by atoms with E-state index in [-0.39, 0.29) is 24.1 Å². The summed E-state index contributed by atoms with van der Waals surface area (Å²) >= 11 is 0. The van der Waals surface area contributed by atoms with E-state index < -0.39 is 6.17 Å². The second-order valence-electron chi connectivity index (χ2n) is 7.55. The molecule has 3 aromatic rings. The highest BCUT2D eigenvalue weighted by molar-refractivity contribution is 6.16. The molecule has 2 aromatic carbocycles. The van der Waals surface area contributed by atoms with Crippen LogP contribution < -0.4 is 5.32 Å². The Hall–Kier alpha value is -3.32. The number of carbonyl (C=O) groups excluding carboxylic acids is 1. The third-order valence-corrected chi connectivity index (χ3v) is 5.46. The van der Waals surface area contributed by atoms with Gasteiger partial charge in [0.05, 0.1) is 18.2 Å². The summed E-state index contributed by atoms with van der Waals surface area (Å²) in [4.78, 5) is 17.8. The summed E-state index contributed by atoms with van der Waals surface area (Å²) in [6.07, 6.45) is 1.41. The number of fused-ring (bicyclic) bond motifs is 1. The number of nitrogens with one attached hydrogen (secondary N) is 1. The number of rotatable bonds is 4. The number of Topliss-reactive ketones (excluding diaryl/α,β-unsaturated/α-hetero) is 1. The van der Waals surface area contributed by atoms with Gasteiger partial charge in [-0.05, 0) is 18.4 Å². The third kappa shape index (κ3) is 3.76. The number of anilines is 1. The molecular formula is C23H22N4O3. The van der Waals surface area contributed by atoms with Crippen molar-refractivity contribution in [2.45, 2.75) is 31.3 Å². The minimum absolute atomic E-state index is 0.0471. The lowest BCUT2D eigenvalue weighted by Gasteiger charge is -2.18. The molecule has 30 heavy (non-hydrogen) atoms. The van der Waals surface area contributed by atoms with E-state index in [1.165, 1.54) is 0 Å². The van der Waals surface area contributed by atoms with Gasteiger partial charge in [0.1, 0.15) is 0 Å². The molecule has 0 spiro atoms. The molecule has 0 saturated carbocycles. The van der Waals surface area contributed by atoms with Crippen LogP contribution in [0.1, 0.15) is 41.3 Å². The van der Waals surface area contributed by atoms with Gasteiger partial charge in [0.2, 0.25) is 5.89 Å². The van der Waals surface area contributed by atoms with E-state index in [9.17, 15) is 4.79 Å². The van der Waals surface area contributed by atoms with E-state index >= 15 is 0 Å².